The number of carboxylic acids is 1. The first kappa shape index (κ1) is 11.0. The standard InChI is InChI=1S/C9H11N3O3S/c13-8(12-4-2-1-3-5-12)6-10-11-7(16-6)9(14)15/h1-5H2,(H,14,15). The Morgan fingerprint density at radius 2 is 1.75 bits per heavy atom. The van der Waals surface area contributed by atoms with Gasteiger partial charge in [-0.15, -0.1) is 10.2 Å². The maximum absolute atomic E-state index is 11.9. The van der Waals surface area contributed by atoms with Crippen LogP contribution in [0.25, 0.3) is 0 Å². The number of piperidine rings is 1. The van der Waals surface area contributed by atoms with Crippen molar-refractivity contribution in [3.8, 4) is 0 Å². The molecule has 1 N–H and O–H groups in total. The number of likely N-dealkylation sites (tertiary alicyclic amines) is 1. The molecule has 0 bridgehead atoms. The van der Waals surface area contributed by atoms with Gasteiger partial charge in [0.1, 0.15) is 0 Å². The van der Waals surface area contributed by atoms with Crippen LogP contribution in [0.3, 0.4) is 0 Å². The third kappa shape index (κ3) is 2.19. The number of nitrogens with zero attached hydrogens (tertiary/aromatic N) is 3. The first-order chi connectivity index (χ1) is 7.68. The zero-order chi connectivity index (χ0) is 11.5. The number of aromatic carboxylic acids is 1. The molecule has 1 aliphatic rings. The number of carboxylic acid groups (broad SMARTS) is 1. The molecule has 1 aliphatic heterocycles. The topological polar surface area (TPSA) is 83.4 Å². The van der Waals surface area contributed by atoms with E-state index in [0.717, 1.165) is 43.7 Å². The van der Waals surface area contributed by atoms with Crippen LogP contribution in [-0.2, 0) is 0 Å². The summed E-state index contributed by atoms with van der Waals surface area (Å²) in [6.07, 6.45) is 3.13. The van der Waals surface area contributed by atoms with Crippen LogP contribution in [0.15, 0.2) is 0 Å². The Morgan fingerprint density at radius 3 is 2.31 bits per heavy atom. The smallest absolute Gasteiger partial charge is 0.367 e. The number of amides is 1. The fourth-order valence-corrected chi connectivity index (χ4v) is 2.28. The summed E-state index contributed by atoms with van der Waals surface area (Å²) in [7, 11) is 0. The van der Waals surface area contributed by atoms with Gasteiger partial charge in [0, 0.05) is 13.1 Å². The predicted molar refractivity (Wildman–Crippen MR) is 56.6 cm³/mol. The molecule has 1 fully saturated rings. The van der Waals surface area contributed by atoms with Crippen molar-refractivity contribution in [2.24, 2.45) is 0 Å². The molecule has 0 spiro atoms. The fraction of sp³-hybridized carbons (Fsp3) is 0.556. The third-order valence-corrected chi connectivity index (χ3v) is 3.33. The van der Waals surface area contributed by atoms with Crippen LogP contribution >= 0.6 is 11.3 Å². The second kappa shape index (κ2) is 4.56. The Bertz CT molecular complexity index is 412. The molecule has 6 nitrogen and oxygen atoms in total. The highest BCUT2D eigenvalue weighted by molar-refractivity contribution is 7.15. The van der Waals surface area contributed by atoms with Gasteiger partial charge in [-0.1, -0.05) is 11.3 Å². The molecule has 0 saturated carbocycles. The summed E-state index contributed by atoms with van der Waals surface area (Å²) in [6.45, 7) is 1.45. The van der Waals surface area contributed by atoms with Gasteiger partial charge in [-0.25, -0.2) is 4.79 Å². The van der Waals surface area contributed by atoms with Crippen molar-refractivity contribution in [3.63, 3.8) is 0 Å². The SMILES string of the molecule is O=C(O)c1nnc(C(=O)N2CCCCC2)s1. The van der Waals surface area contributed by atoms with E-state index in [2.05, 4.69) is 10.2 Å². The van der Waals surface area contributed by atoms with E-state index in [1.807, 2.05) is 0 Å². The van der Waals surface area contributed by atoms with E-state index in [0.29, 0.717) is 0 Å². The van der Waals surface area contributed by atoms with E-state index in [1.165, 1.54) is 0 Å². The lowest BCUT2D eigenvalue weighted by Crippen LogP contribution is -2.35. The minimum absolute atomic E-state index is 0.139. The minimum atomic E-state index is -1.14. The van der Waals surface area contributed by atoms with E-state index < -0.39 is 5.97 Å². The molecule has 1 amide bonds. The Morgan fingerprint density at radius 1 is 1.12 bits per heavy atom. The van der Waals surface area contributed by atoms with Crippen molar-refractivity contribution in [1.29, 1.82) is 0 Å². The van der Waals surface area contributed by atoms with Crippen molar-refractivity contribution in [2.45, 2.75) is 19.3 Å². The Labute approximate surface area is 95.9 Å². The number of carbonyl (C=O) groups is 2. The van der Waals surface area contributed by atoms with Gasteiger partial charge in [0.2, 0.25) is 10.0 Å². The van der Waals surface area contributed by atoms with Crippen LogP contribution in [0.2, 0.25) is 0 Å². The van der Waals surface area contributed by atoms with Crippen LogP contribution in [0.1, 0.15) is 38.9 Å². The third-order valence-electron chi connectivity index (χ3n) is 2.43. The van der Waals surface area contributed by atoms with Crippen LogP contribution < -0.4 is 0 Å². The minimum Gasteiger partial charge on any atom is -0.476 e. The number of aromatic nitrogens is 2. The number of rotatable bonds is 2. The fourth-order valence-electron chi connectivity index (χ4n) is 1.63. The average molecular weight is 241 g/mol. The van der Waals surface area contributed by atoms with Gasteiger partial charge in [0.05, 0.1) is 0 Å². The summed E-state index contributed by atoms with van der Waals surface area (Å²) in [5.41, 5.74) is 0. The summed E-state index contributed by atoms with van der Waals surface area (Å²) in [5.74, 6) is -1.35. The Kier molecular flexibility index (Phi) is 3.14. The van der Waals surface area contributed by atoms with Gasteiger partial charge in [0.15, 0.2) is 0 Å². The van der Waals surface area contributed by atoms with Crippen molar-refractivity contribution >= 4 is 23.2 Å². The lowest BCUT2D eigenvalue weighted by Gasteiger charge is -2.25. The van der Waals surface area contributed by atoms with Gasteiger partial charge in [-0.2, -0.15) is 0 Å². The molecule has 0 radical (unpaired) electrons. The molecule has 86 valence electrons. The summed E-state index contributed by atoms with van der Waals surface area (Å²) in [5, 5.41) is 15.8. The van der Waals surface area contributed by atoms with Crippen molar-refractivity contribution in [1.82, 2.24) is 15.1 Å². The molecule has 0 aliphatic carbocycles. The van der Waals surface area contributed by atoms with E-state index >= 15 is 0 Å². The zero-order valence-electron chi connectivity index (χ0n) is 8.55. The van der Waals surface area contributed by atoms with Crippen molar-refractivity contribution < 1.29 is 14.7 Å². The van der Waals surface area contributed by atoms with E-state index in [9.17, 15) is 9.59 Å². The molecule has 0 aromatic carbocycles. The maximum Gasteiger partial charge on any atom is 0.367 e. The summed E-state index contributed by atoms with van der Waals surface area (Å²) in [6, 6.07) is 0. The van der Waals surface area contributed by atoms with Crippen LogP contribution in [0.5, 0.6) is 0 Å². The molecular formula is C9H11N3O3S. The summed E-state index contributed by atoms with van der Waals surface area (Å²) >= 11 is 0.830. The largest absolute Gasteiger partial charge is 0.476 e. The number of carbonyl (C=O) groups excluding carboxylic acids is 1. The van der Waals surface area contributed by atoms with Crippen LogP contribution in [-0.4, -0.2) is 45.2 Å². The lowest BCUT2D eigenvalue weighted by molar-refractivity contribution is 0.0692. The second-order valence-corrected chi connectivity index (χ2v) is 4.55. The summed E-state index contributed by atoms with van der Waals surface area (Å²) in [4.78, 5) is 24.2. The average Bonchev–Trinajstić information content (AvgIpc) is 2.78. The summed E-state index contributed by atoms with van der Waals surface area (Å²) < 4.78 is 0. The molecule has 2 heterocycles. The van der Waals surface area contributed by atoms with Crippen molar-refractivity contribution in [2.75, 3.05) is 13.1 Å². The normalized spacial score (nSPS) is 16.1. The molecule has 7 heteroatoms. The van der Waals surface area contributed by atoms with E-state index in [-0.39, 0.29) is 15.9 Å². The predicted octanol–water partition coefficient (Wildman–Crippen LogP) is 0.862. The number of hydrogen-bond donors (Lipinski definition) is 1. The second-order valence-electron chi connectivity index (χ2n) is 3.57. The molecule has 0 unspecified atom stereocenters. The molecular weight excluding hydrogens is 230 g/mol. The first-order valence-electron chi connectivity index (χ1n) is 5.04. The van der Waals surface area contributed by atoms with E-state index in [1.54, 1.807) is 4.90 Å². The first-order valence-corrected chi connectivity index (χ1v) is 5.86. The Hall–Kier alpha value is -1.50. The molecule has 1 aromatic heterocycles. The maximum atomic E-state index is 11.9. The lowest BCUT2D eigenvalue weighted by atomic mass is 10.1. The number of hydrogen-bond acceptors (Lipinski definition) is 5. The quantitative estimate of drug-likeness (QED) is 0.830. The van der Waals surface area contributed by atoms with E-state index in [4.69, 9.17) is 5.11 Å². The Balaban J connectivity index is 2.10. The highest BCUT2D eigenvalue weighted by Crippen LogP contribution is 2.16. The van der Waals surface area contributed by atoms with Gasteiger partial charge >= 0.3 is 5.97 Å². The van der Waals surface area contributed by atoms with Crippen molar-refractivity contribution in [3.05, 3.63) is 10.0 Å². The zero-order valence-corrected chi connectivity index (χ0v) is 9.37. The highest BCUT2D eigenvalue weighted by Gasteiger charge is 2.23. The highest BCUT2D eigenvalue weighted by atomic mass is 32.1. The molecule has 1 aromatic rings. The molecule has 1 saturated heterocycles. The molecule has 16 heavy (non-hydrogen) atoms. The van der Waals surface area contributed by atoms with Gasteiger partial charge in [0.25, 0.3) is 5.91 Å². The van der Waals surface area contributed by atoms with Gasteiger partial charge < -0.3 is 10.0 Å². The monoisotopic (exact) mass is 241 g/mol. The van der Waals surface area contributed by atoms with Gasteiger partial charge in [-0.05, 0) is 19.3 Å². The van der Waals surface area contributed by atoms with Crippen LogP contribution in [0, 0.1) is 0 Å². The molecule has 2 rings (SSSR count). The van der Waals surface area contributed by atoms with Crippen LogP contribution in [0.4, 0.5) is 0 Å². The van der Waals surface area contributed by atoms with Gasteiger partial charge in [-0.3, -0.25) is 4.79 Å². The molecule has 0 atom stereocenters.